The highest BCUT2D eigenvalue weighted by Crippen LogP contribution is 2.35. The summed E-state index contributed by atoms with van der Waals surface area (Å²) in [5.74, 6) is 1.91. The van der Waals surface area contributed by atoms with Crippen LogP contribution in [0.1, 0.15) is 45.1 Å². The van der Waals surface area contributed by atoms with E-state index in [1.165, 1.54) is 5.56 Å². The molecular formula is C18H31BrO2Si. The van der Waals surface area contributed by atoms with Crippen molar-refractivity contribution < 1.29 is 9.47 Å². The van der Waals surface area contributed by atoms with Crippen LogP contribution in [0.5, 0.6) is 11.5 Å². The number of hydrogen-bond acceptors (Lipinski definition) is 2. The van der Waals surface area contributed by atoms with Crippen LogP contribution in [0.2, 0.25) is 19.6 Å². The molecule has 0 radical (unpaired) electrons. The number of ether oxygens (including phenoxy) is 2. The highest BCUT2D eigenvalue weighted by molar-refractivity contribution is 9.10. The van der Waals surface area contributed by atoms with Crippen molar-refractivity contribution in [2.24, 2.45) is 0 Å². The predicted molar refractivity (Wildman–Crippen MR) is 102 cm³/mol. The topological polar surface area (TPSA) is 18.5 Å². The van der Waals surface area contributed by atoms with Gasteiger partial charge in [0.25, 0.3) is 0 Å². The first-order valence-corrected chi connectivity index (χ1v) is 13.0. The second kappa shape index (κ2) is 9.61. The Morgan fingerprint density at radius 2 is 1.45 bits per heavy atom. The Morgan fingerprint density at radius 1 is 0.909 bits per heavy atom. The standard InChI is InChI=1S/C18H31BrO2Si/c1-6-8-10-20-17-13-18(21-11-9-7-2)16(19)12-15(17)14-22(3,4)5/h12-13H,6-11,14H2,1-5H3. The summed E-state index contributed by atoms with van der Waals surface area (Å²) in [7, 11) is -1.19. The van der Waals surface area contributed by atoms with E-state index in [0.717, 1.165) is 60.9 Å². The van der Waals surface area contributed by atoms with Crippen LogP contribution in [0.15, 0.2) is 16.6 Å². The van der Waals surface area contributed by atoms with Gasteiger partial charge < -0.3 is 9.47 Å². The lowest BCUT2D eigenvalue weighted by atomic mass is 10.2. The molecule has 0 aliphatic heterocycles. The van der Waals surface area contributed by atoms with Crippen molar-refractivity contribution in [3.05, 3.63) is 22.2 Å². The van der Waals surface area contributed by atoms with Crippen LogP contribution >= 0.6 is 15.9 Å². The van der Waals surface area contributed by atoms with E-state index in [0.29, 0.717) is 0 Å². The lowest BCUT2D eigenvalue weighted by Gasteiger charge is -2.20. The third-order valence-electron chi connectivity index (χ3n) is 3.35. The molecule has 0 saturated carbocycles. The molecule has 0 bridgehead atoms. The third-order valence-corrected chi connectivity index (χ3v) is 5.41. The zero-order chi connectivity index (χ0) is 16.6. The molecule has 0 aliphatic rings. The van der Waals surface area contributed by atoms with Gasteiger partial charge in [0, 0.05) is 14.1 Å². The summed E-state index contributed by atoms with van der Waals surface area (Å²) in [6, 6.07) is 5.40. The fraction of sp³-hybridized carbons (Fsp3) is 0.667. The maximum Gasteiger partial charge on any atom is 0.137 e. The molecule has 126 valence electrons. The van der Waals surface area contributed by atoms with E-state index in [2.05, 4.69) is 61.6 Å². The van der Waals surface area contributed by atoms with Gasteiger partial charge in [0.15, 0.2) is 0 Å². The summed E-state index contributed by atoms with van der Waals surface area (Å²) in [6.45, 7) is 13.1. The van der Waals surface area contributed by atoms with Crippen LogP contribution < -0.4 is 9.47 Å². The summed E-state index contributed by atoms with van der Waals surface area (Å²) >= 11 is 3.66. The SMILES string of the molecule is CCCCOc1cc(OCCCC)c(C[Si](C)(C)C)cc1Br. The number of halogens is 1. The Labute approximate surface area is 145 Å². The van der Waals surface area contributed by atoms with Gasteiger partial charge >= 0.3 is 0 Å². The lowest BCUT2D eigenvalue weighted by Crippen LogP contribution is -2.24. The van der Waals surface area contributed by atoms with E-state index in [9.17, 15) is 0 Å². The molecule has 0 fully saturated rings. The summed E-state index contributed by atoms with van der Waals surface area (Å²) in [5, 5.41) is 0. The summed E-state index contributed by atoms with van der Waals surface area (Å²) in [6.07, 6.45) is 4.47. The summed E-state index contributed by atoms with van der Waals surface area (Å²) in [4.78, 5) is 0. The second-order valence-corrected chi connectivity index (χ2v) is 13.4. The molecule has 1 aromatic carbocycles. The van der Waals surface area contributed by atoms with E-state index in [4.69, 9.17) is 9.47 Å². The average molecular weight is 387 g/mol. The molecule has 0 spiro atoms. The Bertz CT molecular complexity index is 455. The van der Waals surface area contributed by atoms with Crippen molar-refractivity contribution in [2.75, 3.05) is 13.2 Å². The highest BCUT2D eigenvalue weighted by atomic mass is 79.9. The fourth-order valence-corrected chi connectivity index (χ4v) is 4.11. The Balaban J connectivity index is 2.95. The van der Waals surface area contributed by atoms with Crippen molar-refractivity contribution in [3.63, 3.8) is 0 Å². The van der Waals surface area contributed by atoms with Crippen molar-refractivity contribution in [1.29, 1.82) is 0 Å². The van der Waals surface area contributed by atoms with Crippen LogP contribution in [0.4, 0.5) is 0 Å². The Kier molecular flexibility index (Phi) is 8.55. The van der Waals surface area contributed by atoms with Crippen LogP contribution in [-0.2, 0) is 6.04 Å². The van der Waals surface area contributed by atoms with Crippen molar-refractivity contribution in [1.82, 2.24) is 0 Å². The van der Waals surface area contributed by atoms with Crippen LogP contribution in [0, 0.1) is 0 Å². The van der Waals surface area contributed by atoms with E-state index in [1.54, 1.807) is 0 Å². The van der Waals surface area contributed by atoms with E-state index in [1.807, 2.05) is 0 Å². The first-order chi connectivity index (χ1) is 10.4. The van der Waals surface area contributed by atoms with E-state index in [-0.39, 0.29) is 0 Å². The molecule has 0 amide bonds. The minimum Gasteiger partial charge on any atom is -0.493 e. The van der Waals surface area contributed by atoms with Gasteiger partial charge in [-0.3, -0.25) is 0 Å². The zero-order valence-corrected chi connectivity index (χ0v) is 17.4. The number of unbranched alkanes of at least 4 members (excludes halogenated alkanes) is 2. The molecular weight excluding hydrogens is 356 g/mol. The van der Waals surface area contributed by atoms with Crippen LogP contribution in [0.3, 0.4) is 0 Å². The van der Waals surface area contributed by atoms with Crippen LogP contribution in [-0.4, -0.2) is 21.3 Å². The second-order valence-electron chi connectivity index (χ2n) is 7.03. The van der Waals surface area contributed by atoms with E-state index < -0.39 is 8.07 Å². The van der Waals surface area contributed by atoms with Gasteiger partial charge in [-0.25, -0.2) is 0 Å². The predicted octanol–water partition coefficient (Wildman–Crippen LogP) is 6.23. The zero-order valence-electron chi connectivity index (χ0n) is 14.8. The molecule has 0 heterocycles. The van der Waals surface area contributed by atoms with Crippen molar-refractivity contribution >= 4 is 24.0 Å². The number of rotatable bonds is 10. The quantitative estimate of drug-likeness (QED) is 0.350. The van der Waals surface area contributed by atoms with Gasteiger partial charge in [0.2, 0.25) is 0 Å². The molecule has 1 aromatic rings. The van der Waals surface area contributed by atoms with Crippen LogP contribution in [0.25, 0.3) is 0 Å². The molecule has 0 N–H and O–H groups in total. The molecule has 2 nitrogen and oxygen atoms in total. The normalized spacial score (nSPS) is 11.5. The smallest absolute Gasteiger partial charge is 0.137 e. The minimum absolute atomic E-state index is 0.761. The maximum absolute atomic E-state index is 6.05. The average Bonchev–Trinajstić information content (AvgIpc) is 2.41. The Hall–Kier alpha value is -0.483. The molecule has 0 saturated heterocycles. The highest BCUT2D eigenvalue weighted by Gasteiger charge is 2.19. The molecule has 0 atom stereocenters. The summed E-state index contributed by atoms with van der Waals surface area (Å²) in [5.41, 5.74) is 1.31. The van der Waals surface area contributed by atoms with Gasteiger partial charge in [0.05, 0.1) is 17.7 Å². The van der Waals surface area contributed by atoms with Crippen molar-refractivity contribution in [3.8, 4) is 11.5 Å². The van der Waals surface area contributed by atoms with Crippen molar-refractivity contribution in [2.45, 2.75) is 65.2 Å². The van der Waals surface area contributed by atoms with E-state index >= 15 is 0 Å². The maximum atomic E-state index is 6.05. The molecule has 0 unspecified atom stereocenters. The fourth-order valence-electron chi connectivity index (χ4n) is 2.18. The first kappa shape index (κ1) is 19.6. The Morgan fingerprint density at radius 3 is 1.95 bits per heavy atom. The largest absolute Gasteiger partial charge is 0.493 e. The lowest BCUT2D eigenvalue weighted by molar-refractivity contribution is 0.291. The molecule has 1 rings (SSSR count). The van der Waals surface area contributed by atoms with Gasteiger partial charge in [-0.05, 0) is 46.4 Å². The third kappa shape index (κ3) is 7.19. The molecule has 4 heteroatoms. The monoisotopic (exact) mass is 386 g/mol. The van der Waals surface area contributed by atoms with Gasteiger partial charge in [-0.2, -0.15) is 0 Å². The summed E-state index contributed by atoms with van der Waals surface area (Å²) < 4.78 is 13.0. The van der Waals surface area contributed by atoms with Gasteiger partial charge in [0.1, 0.15) is 11.5 Å². The number of hydrogen-bond donors (Lipinski definition) is 0. The molecule has 22 heavy (non-hydrogen) atoms. The minimum atomic E-state index is -1.19. The number of benzene rings is 1. The molecule has 0 aliphatic carbocycles. The molecule has 0 aromatic heterocycles. The van der Waals surface area contributed by atoms with Gasteiger partial charge in [-0.1, -0.05) is 46.3 Å². The first-order valence-electron chi connectivity index (χ1n) is 8.45. The van der Waals surface area contributed by atoms with Gasteiger partial charge in [-0.15, -0.1) is 0 Å².